The third-order valence-corrected chi connectivity index (χ3v) is 3.79. The number of carbonyl (C=O) groups excluding carboxylic acids is 1. The van der Waals surface area contributed by atoms with Crippen LogP contribution in [0.25, 0.3) is 0 Å². The molecule has 0 aromatic heterocycles. The molecule has 94 valence electrons. The summed E-state index contributed by atoms with van der Waals surface area (Å²) in [6.07, 6.45) is 0.712. The lowest BCUT2D eigenvalue weighted by atomic mass is 9.92. The molecule has 0 aromatic rings. The summed E-state index contributed by atoms with van der Waals surface area (Å²) in [7, 11) is 4.16. The minimum atomic E-state index is 0.167. The van der Waals surface area contributed by atoms with E-state index < -0.39 is 0 Å². The van der Waals surface area contributed by atoms with Gasteiger partial charge in [0.2, 0.25) is 5.91 Å². The van der Waals surface area contributed by atoms with Crippen molar-refractivity contribution in [3.63, 3.8) is 0 Å². The van der Waals surface area contributed by atoms with E-state index in [2.05, 4.69) is 48.8 Å². The van der Waals surface area contributed by atoms with Crippen LogP contribution in [0.1, 0.15) is 20.3 Å². The van der Waals surface area contributed by atoms with E-state index in [-0.39, 0.29) is 5.41 Å². The van der Waals surface area contributed by atoms with Gasteiger partial charge in [-0.2, -0.15) is 0 Å². The van der Waals surface area contributed by atoms with Crippen molar-refractivity contribution >= 4 is 21.8 Å². The van der Waals surface area contributed by atoms with Crippen molar-refractivity contribution in [1.82, 2.24) is 9.80 Å². The Labute approximate surface area is 107 Å². The van der Waals surface area contributed by atoms with Crippen LogP contribution in [0.3, 0.4) is 0 Å². The van der Waals surface area contributed by atoms with Crippen molar-refractivity contribution in [2.45, 2.75) is 20.3 Å². The zero-order valence-corrected chi connectivity index (χ0v) is 12.4. The smallest absolute Gasteiger partial charge is 0.222 e. The van der Waals surface area contributed by atoms with E-state index in [9.17, 15) is 4.79 Å². The number of likely N-dealkylation sites (tertiary alicyclic amines) is 1. The molecule has 1 aliphatic heterocycles. The first-order chi connectivity index (χ1) is 7.34. The Bertz CT molecular complexity index is 253. The van der Waals surface area contributed by atoms with Crippen molar-refractivity contribution in [2.24, 2.45) is 11.3 Å². The van der Waals surface area contributed by atoms with Gasteiger partial charge in [0.15, 0.2) is 0 Å². The van der Waals surface area contributed by atoms with E-state index in [1.54, 1.807) is 0 Å². The van der Waals surface area contributed by atoms with Gasteiger partial charge in [0.25, 0.3) is 0 Å². The van der Waals surface area contributed by atoms with Gasteiger partial charge in [0.1, 0.15) is 0 Å². The fourth-order valence-electron chi connectivity index (χ4n) is 2.53. The molecule has 0 radical (unpaired) electrons. The summed E-state index contributed by atoms with van der Waals surface area (Å²) in [5, 5.41) is 0.934. The first-order valence-corrected chi connectivity index (χ1v) is 6.94. The molecule has 1 aliphatic rings. The molecule has 0 aliphatic carbocycles. The van der Waals surface area contributed by atoms with Crippen LogP contribution >= 0.6 is 15.9 Å². The van der Waals surface area contributed by atoms with Crippen LogP contribution in [0, 0.1) is 11.3 Å². The lowest BCUT2D eigenvalue weighted by molar-refractivity contribution is -0.129. The van der Waals surface area contributed by atoms with Crippen molar-refractivity contribution in [3.8, 4) is 0 Å². The Hall–Kier alpha value is -0.0900. The highest BCUT2D eigenvalue weighted by Gasteiger charge is 2.32. The second-order valence-corrected chi connectivity index (χ2v) is 6.55. The third kappa shape index (κ3) is 4.06. The van der Waals surface area contributed by atoms with Gasteiger partial charge in [-0.1, -0.05) is 29.8 Å². The summed E-state index contributed by atoms with van der Waals surface area (Å²) >= 11 is 3.46. The standard InChI is InChI=1S/C12H23BrN2O/c1-12(2,8-14(3)4)9-15-7-10(6-13)5-11(15)16/h10H,5-9H2,1-4H3. The molecule has 1 fully saturated rings. The molecule has 1 unspecified atom stereocenters. The maximum Gasteiger partial charge on any atom is 0.222 e. The molecule has 1 rings (SSSR count). The SMILES string of the molecule is CN(C)CC(C)(C)CN1CC(CBr)CC1=O. The highest BCUT2D eigenvalue weighted by Crippen LogP contribution is 2.25. The number of alkyl halides is 1. The second-order valence-electron chi connectivity index (χ2n) is 5.90. The van der Waals surface area contributed by atoms with E-state index in [1.807, 2.05) is 4.90 Å². The van der Waals surface area contributed by atoms with Gasteiger partial charge in [0, 0.05) is 31.4 Å². The summed E-state index contributed by atoms with van der Waals surface area (Å²) in [5.41, 5.74) is 0.167. The summed E-state index contributed by atoms with van der Waals surface area (Å²) in [5.74, 6) is 0.818. The molecule has 1 amide bonds. The molecule has 0 spiro atoms. The molecular formula is C12H23BrN2O. The number of nitrogens with zero attached hydrogens (tertiary/aromatic N) is 2. The minimum absolute atomic E-state index is 0.167. The Balaban J connectivity index is 2.50. The molecule has 3 nitrogen and oxygen atoms in total. The van der Waals surface area contributed by atoms with Crippen molar-refractivity contribution in [2.75, 3.05) is 39.1 Å². The topological polar surface area (TPSA) is 23.6 Å². The predicted octanol–water partition coefficient (Wildman–Crippen LogP) is 1.82. The van der Waals surface area contributed by atoms with Gasteiger partial charge in [-0.3, -0.25) is 4.79 Å². The minimum Gasteiger partial charge on any atom is -0.342 e. The van der Waals surface area contributed by atoms with Crippen molar-refractivity contribution < 1.29 is 4.79 Å². The lowest BCUT2D eigenvalue weighted by Crippen LogP contribution is -2.40. The van der Waals surface area contributed by atoms with Gasteiger partial charge in [-0.25, -0.2) is 0 Å². The Morgan fingerprint density at radius 1 is 1.50 bits per heavy atom. The summed E-state index contributed by atoms with van der Waals surface area (Å²) in [6.45, 7) is 7.24. The van der Waals surface area contributed by atoms with Gasteiger partial charge in [-0.15, -0.1) is 0 Å². The highest BCUT2D eigenvalue weighted by molar-refractivity contribution is 9.09. The number of hydrogen-bond donors (Lipinski definition) is 0. The van der Waals surface area contributed by atoms with Crippen LogP contribution in [0.15, 0.2) is 0 Å². The number of halogens is 1. The number of rotatable bonds is 5. The first-order valence-electron chi connectivity index (χ1n) is 5.82. The van der Waals surface area contributed by atoms with Gasteiger partial charge < -0.3 is 9.80 Å². The van der Waals surface area contributed by atoms with E-state index >= 15 is 0 Å². The Morgan fingerprint density at radius 3 is 2.56 bits per heavy atom. The van der Waals surface area contributed by atoms with E-state index in [1.165, 1.54) is 0 Å². The highest BCUT2D eigenvalue weighted by atomic mass is 79.9. The fraction of sp³-hybridized carbons (Fsp3) is 0.917. The van der Waals surface area contributed by atoms with Crippen LogP contribution in [0.5, 0.6) is 0 Å². The molecule has 0 aromatic carbocycles. The molecule has 1 saturated heterocycles. The lowest BCUT2D eigenvalue weighted by Gasteiger charge is -2.32. The summed E-state index contributed by atoms with van der Waals surface area (Å²) < 4.78 is 0. The van der Waals surface area contributed by atoms with Crippen molar-refractivity contribution in [3.05, 3.63) is 0 Å². The zero-order valence-electron chi connectivity index (χ0n) is 10.8. The molecule has 16 heavy (non-hydrogen) atoms. The zero-order chi connectivity index (χ0) is 12.3. The van der Waals surface area contributed by atoms with Gasteiger partial charge in [-0.05, 0) is 25.4 Å². The molecular weight excluding hydrogens is 268 g/mol. The average Bonchev–Trinajstić information content (AvgIpc) is 2.44. The monoisotopic (exact) mass is 290 g/mol. The Kier molecular flexibility index (Phi) is 4.80. The first kappa shape index (κ1) is 14.0. The number of hydrogen-bond acceptors (Lipinski definition) is 2. The van der Waals surface area contributed by atoms with Gasteiger partial charge in [0.05, 0.1) is 0 Å². The number of amides is 1. The van der Waals surface area contributed by atoms with E-state index in [4.69, 9.17) is 0 Å². The van der Waals surface area contributed by atoms with Crippen LogP contribution in [0.2, 0.25) is 0 Å². The fourth-order valence-corrected chi connectivity index (χ4v) is 2.97. The normalized spacial score (nSPS) is 22.2. The average molecular weight is 291 g/mol. The van der Waals surface area contributed by atoms with Crippen LogP contribution in [-0.4, -0.2) is 54.8 Å². The maximum absolute atomic E-state index is 11.8. The van der Waals surface area contributed by atoms with E-state index in [0.29, 0.717) is 18.2 Å². The Morgan fingerprint density at radius 2 is 2.12 bits per heavy atom. The van der Waals surface area contributed by atoms with Crippen LogP contribution in [-0.2, 0) is 4.79 Å². The predicted molar refractivity (Wildman–Crippen MR) is 70.8 cm³/mol. The number of carbonyl (C=O) groups is 1. The molecule has 0 N–H and O–H groups in total. The molecule has 0 saturated carbocycles. The second kappa shape index (κ2) is 5.50. The molecule has 1 atom stereocenters. The molecule has 0 bridgehead atoms. The summed E-state index contributed by atoms with van der Waals surface area (Å²) in [4.78, 5) is 16.0. The van der Waals surface area contributed by atoms with Gasteiger partial charge >= 0.3 is 0 Å². The molecule has 4 heteroatoms. The van der Waals surface area contributed by atoms with Crippen molar-refractivity contribution in [1.29, 1.82) is 0 Å². The third-order valence-electron chi connectivity index (χ3n) is 2.88. The largest absolute Gasteiger partial charge is 0.342 e. The van der Waals surface area contributed by atoms with E-state index in [0.717, 1.165) is 25.0 Å². The van der Waals surface area contributed by atoms with Crippen LogP contribution < -0.4 is 0 Å². The summed E-state index contributed by atoms with van der Waals surface area (Å²) in [6, 6.07) is 0. The maximum atomic E-state index is 11.8. The molecule has 1 heterocycles. The van der Waals surface area contributed by atoms with Crippen LogP contribution in [0.4, 0.5) is 0 Å². The quantitative estimate of drug-likeness (QED) is 0.721.